The Morgan fingerprint density at radius 1 is 1.50 bits per heavy atom. The Labute approximate surface area is 146 Å². The predicted octanol–water partition coefficient (Wildman–Crippen LogP) is 3.18. The van der Waals surface area contributed by atoms with Crippen molar-refractivity contribution in [3.05, 3.63) is 46.3 Å². The van der Waals surface area contributed by atoms with Gasteiger partial charge in [-0.15, -0.1) is 11.3 Å². The number of aryl methyl sites for hydroxylation is 1. The minimum absolute atomic E-state index is 0.0200. The zero-order valence-electron chi connectivity index (χ0n) is 14.1. The van der Waals surface area contributed by atoms with Gasteiger partial charge in [-0.25, -0.2) is 4.98 Å². The van der Waals surface area contributed by atoms with Gasteiger partial charge in [0.25, 0.3) is 0 Å². The Morgan fingerprint density at radius 2 is 2.29 bits per heavy atom. The molecule has 0 bridgehead atoms. The maximum atomic E-state index is 12.8. The lowest BCUT2D eigenvalue weighted by Crippen LogP contribution is -2.45. The first kappa shape index (κ1) is 16.9. The lowest BCUT2D eigenvalue weighted by atomic mass is 10.0. The highest BCUT2D eigenvalue weighted by molar-refractivity contribution is 7.09. The molecule has 1 fully saturated rings. The third-order valence-electron chi connectivity index (χ3n) is 4.35. The van der Waals surface area contributed by atoms with Gasteiger partial charge < -0.3 is 14.2 Å². The lowest BCUT2D eigenvalue weighted by molar-refractivity contribution is -0.130. The summed E-state index contributed by atoms with van der Waals surface area (Å²) in [5, 5.41) is 2.97. The van der Waals surface area contributed by atoms with E-state index in [4.69, 9.17) is 4.42 Å². The summed E-state index contributed by atoms with van der Waals surface area (Å²) in [5.41, 5.74) is 0.840. The zero-order chi connectivity index (χ0) is 16.9. The molecule has 1 saturated heterocycles. The van der Waals surface area contributed by atoms with Crippen LogP contribution in [0.15, 0.2) is 34.3 Å². The predicted molar refractivity (Wildman–Crippen MR) is 95.7 cm³/mol. The summed E-state index contributed by atoms with van der Waals surface area (Å²) < 4.78 is 5.45. The second-order valence-electron chi connectivity index (χ2n) is 6.20. The van der Waals surface area contributed by atoms with E-state index >= 15 is 0 Å². The van der Waals surface area contributed by atoms with Crippen LogP contribution in [0, 0.1) is 6.92 Å². The Bertz CT molecular complexity index is 685. The van der Waals surface area contributed by atoms with Crippen LogP contribution >= 0.6 is 11.3 Å². The molecule has 0 spiro atoms. The van der Waals surface area contributed by atoms with Crippen molar-refractivity contribution in [2.24, 2.45) is 0 Å². The minimum atomic E-state index is 0.0200. The van der Waals surface area contributed by atoms with Crippen molar-refractivity contribution in [1.29, 1.82) is 0 Å². The van der Waals surface area contributed by atoms with Crippen LogP contribution in [-0.2, 0) is 11.3 Å². The number of piperidine rings is 1. The standard InChI is InChI=1S/C18H23N3O2S/c1-14-19-15(13-24-14)5-6-18(22)21(12-17-4-3-11-23-17)16-7-9-20(2)10-8-16/h3-6,11,13,16H,7-10,12H2,1-2H3/b6-5+. The van der Waals surface area contributed by atoms with Crippen LogP contribution in [0.5, 0.6) is 0 Å². The van der Waals surface area contributed by atoms with E-state index in [2.05, 4.69) is 16.9 Å². The number of likely N-dealkylation sites (tertiary alicyclic amines) is 1. The summed E-state index contributed by atoms with van der Waals surface area (Å²) in [4.78, 5) is 21.4. The molecule has 2 aromatic heterocycles. The van der Waals surface area contributed by atoms with Crippen LogP contribution in [0.1, 0.15) is 29.3 Å². The fraction of sp³-hybridized carbons (Fsp3) is 0.444. The van der Waals surface area contributed by atoms with Crippen LogP contribution in [0.4, 0.5) is 0 Å². The zero-order valence-corrected chi connectivity index (χ0v) is 15.0. The smallest absolute Gasteiger partial charge is 0.247 e. The number of hydrogen-bond acceptors (Lipinski definition) is 5. The highest BCUT2D eigenvalue weighted by Gasteiger charge is 2.26. The molecule has 2 aromatic rings. The molecule has 1 aliphatic rings. The molecule has 0 aromatic carbocycles. The SMILES string of the molecule is Cc1nc(/C=C/C(=O)N(Cc2ccco2)C2CCN(C)CC2)cs1. The van der Waals surface area contributed by atoms with Gasteiger partial charge >= 0.3 is 0 Å². The molecule has 5 nitrogen and oxygen atoms in total. The van der Waals surface area contributed by atoms with Crippen LogP contribution in [-0.4, -0.2) is 46.9 Å². The molecule has 6 heteroatoms. The molecular formula is C18H23N3O2S. The third-order valence-corrected chi connectivity index (χ3v) is 5.14. The van der Waals surface area contributed by atoms with Gasteiger partial charge in [0.05, 0.1) is 23.5 Å². The van der Waals surface area contributed by atoms with E-state index in [1.165, 1.54) is 0 Å². The van der Waals surface area contributed by atoms with Crippen LogP contribution in [0.3, 0.4) is 0 Å². The third kappa shape index (κ3) is 4.33. The van der Waals surface area contributed by atoms with E-state index < -0.39 is 0 Å². The number of thiazole rings is 1. The van der Waals surface area contributed by atoms with Gasteiger partial charge in [0, 0.05) is 17.5 Å². The molecule has 0 aliphatic carbocycles. The lowest BCUT2D eigenvalue weighted by Gasteiger charge is -2.36. The summed E-state index contributed by atoms with van der Waals surface area (Å²) in [6.45, 7) is 4.51. The first-order chi connectivity index (χ1) is 11.6. The molecule has 0 saturated carbocycles. The molecule has 1 aliphatic heterocycles. The summed E-state index contributed by atoms with van der Waals surface area (Å²) in [5.74, 6) is 0.840. The average Bonchev–Trinajstić information content (AvgIpc) is 3.23. The topological polar surface area (TPSA) is 49.6 Å². The fourth-order valence-corrected chi connectivity index (χ4v) is 3.55. The van der Waals surface area contributed by atoms with Gasteiger partial charge in [-0.1, -0.05) is 0 Å². The second-order valence-corrected chi connectivity index (χ2v) is 7.27. The summed E-state index contributed by atoms with van der Waals surface area (Å²) in [6.07, 6.45) is 7.07. The summed E-state index contributed by atoms with van der Waals surface area (Å²) in [6, 6.07) is 4.03. The summed E-state index contributed by atoms with van der Waals surface area (Å²) >= 11 is 1.59. The molecule has 128 valence electrons. The highest BCUT2D eigenvalue weighted by atomic mass is 32.1. The quantitative estimate of drug-likeness (QED) is 0.781. The number of rotatable bonds is 5. The van der Waals surface area contributed by atoms with E-state index in [1.807, 2.05) is 29.3 Å². The number of furan rings is 1. The van der Waals surface area contributed by atoms with Gasteiger partial charge in [-0.05, 0) is 58.1 Å². The van der Waals surface area contributed by atoms with Gasteiger partial charge in [-0.3, -0.25) is 4.79 Å². The molecule has 1 amide bonds. The van der Waals surface area contributed by atoms with Crippen molar-refractivity contribution in [3.8, 4) is 0 Å². The number of carbonyl (C=O) groups is 1. The van der Waals surface area contributed by atoms with Gasteiger partial charge in [0.2, 0.25) is 5.91 Å². The van der Waals surface area contributed by atoms with E-state index in [9.17, 15) is 4.79 Å². The minimum Gasteiger partial charge on any atom is -0.467 e. The van der Waals surface area contributed by atoms with E-state index in [0.717, 1.165) is 42.4 Å². The first-order valence-electron chi connectivity index (χ1n) is 8.23. The monoisotopic (exact) mass is 345 g/mol. The van der Waals surface area contributed by atoms with Crippen molar-refractivity contribution in [3.63, 3.8) is 0 Å². The van der Waals surface area contributed by atoms with Crippen molar-refractivity contribution in [2.75, 3.05) is 20.1 Å². The molecule has 3 heterocycles. The number of carbonyl (C=O) groups excluding carboxylic acids is 1. The highest BCUT2D eigenvalue weighted by Crippen LogP contribution is 2.20. The Balaban J connectivity index is 1.72. The first-order valence-corrected chi connectivity index (χ1v) is 9.11. The van der Waals surface area contributed by atoms with Gasteiger partial charge in [0.1, 0.15) is 5.76 Å². The van der Waals surface area contributed by atoms with Gasteiger partial charge in [-0.2, -0.15) is 0 Å². The average molecular weight is 345 g/mol. The van der Waals surface area contributed by atoms with E-state index in [1.54, 1.807) is 29.8 Å². The van der Waals surface area contributed by atoms with E-state index in [-0.39, 0.29) is 11.9 Å². The Hall–Kier alpha value is -1.92. The molecule has 0 N–H and O–H groups in total. The van der Waals surface area contributed by atoms with Crippen molar-refractivity contribution < 1.29 is 9.21 Å². The number of amides is 1. The summed E-state index contributed by atoms with van der Waals surface area (Å²) in [7, 11) is 2.12. The largest absolute Gasteiger partial charge is 0.467 e. The van der Waals surface area contributed by atoms with E-state index in [0.29, 0.717) is 6.54 Å². The molecule has 3 rings (SSSR count). The Kier molecular flexibility index (Phi) is 5.48. The van der Waals surface area contributed by atoms with Crippen LogP contribution in [0.2, 0.25) is 0 Å². The molecule has 0 atom stereocenters. The molecular weight excluding hydrogens is 322 g/mol. The normalized spacial score (nSPS) is 16.8. The van der Waals surface area contributed by atoms with Crippen LogP contribution < -0.4 is 0 Å². The number of hydrogen-bond donors (Lipinski definition) is 0. The Morgan fingerprint density at radius 3 is 2.92 bits per heavy atom. The van der Waals surface area contributed by atoms with Gasteiger partial charge in [0.15, 0.2) is 0 Å². The molecule has 0 unspecified atom stereocenters. The molecule has 24 heavy (non-hydrogen) atoms. The number of nitrogens with zero attached hydrogens (tertiary/aromatic N) is 3. The fourth-order valence-electron chi connectivity index (χ4n) is 2.97. The number of aromatic nitrogens is 1. The van der Waals surface area contributed by atoms with Crippen molar-refractivity contribution >= 4 is 23.3 Å². The second kappa shape index (κ2) is 7.77. The maximum absolute atomic E-state index is 12.8. The van der Waals surface area contributed by atoms with Crippen LogP contribution in [0.25, 0.3) is 6.08 Å². The van der Waals surface area contributed by atoms with Crippen molar-refractivity contribution in [2.45, 2.75) is 32.4 Å². The molecule has 0 radical (unpaired) electrons. The maximum Gasteiger partial charge on any atom is 0.247 e. The van der Waals surface area contributed by atoms with Crippen molar-refractivity contribution in [1.82, 2.24) is 14.8 Å².